The van der Waals surface area contributed by atoms with E-state index in [1.165, 1.54) is 5.56 Å². The molecule has 30 heavy (non-hydrogen) atoms. The van der Waals surface area contributed by atoms with E-state index in [0.29, 0.717) is 19.8 Å². The van der Waals surface area contributed by atoms with Gasteiger partial charge in [0, 0.05) is 43.3 Å². The number of likely N-dealkylation sites (tertiary alicyclic amines) is 1. The standard InChI is InChI=1S/C25H31ClN2O2/c26-23-11-5-4-10-22(23)25(12-15-30-16-13-25)19-27-24(29)21-9-6-14-28(18-21)17-20-7-2-1-3-8-20/h1-5,7-8,10-11,21H,6,9,12-19H2,(H,27,29). The Kier molecular flexibility index (Phi) is 7.08. The molecule has 0 saturated carbocycles. The van der Waals surface area contributed by atoms with Gasteiger partial charge in [-0.25, -0.2) is 0 Å². The maximum absolute atomic E-state index is 13.1. The van der Waals surface area contributed by atoms with Crippen LogP contribution in [0, 0.1) is 5.92 Å². The van der Waals surface area contributed by atoms with E-state index in [1.807, 2.05) is 24.3 Å². The third-order valence-electron chi connectivity index (χ3n) is 6.62. The number of carbonyl (C=O) groups is 1. The highest BCUT2D eigenvalue weighted by Gasteiger charge is 2.37. The molecule has 1 atom stereocenters. The van der Waals surface area contributed by atoms with Crippen LogP contribution in [0.15, 0.2) is 54.6 Å². The number of hydrogen-bond acceptors (Lipinski definition) is 3. The van der Waals surface area contributed by atoms with Crippen molar-refractivity contribution in [2.45, 2.75) is 37.6 Å². The molecule has 0 aliphatic carbocycles. The summed E-state index contributed by atoms with van der Waals surface area (Å²) in [6, 6.07) is 18.5. The molecule has 5 heteroatoms. The number of benzene rings is 2. The Morgan fingerprint density at radius 1 is 1.10 bits per heavy atom. The third-order valence-corrected chi connectivity index (χ3v) is 6.95. The lowest BCUT2D eigenvalue weighted by molar-refractivity contribution is -0.127. The van der Waals surface area contributed by atoms with Crippen LogP contribution in [-0.4, -0.2) is 43.7 Å². The van der Waals surface area contributed by atoms with Gasteiger partial charge in [0.05, 0.1) is 5.92 Å². The number of halogens is 1. The van der Waals surface area contributed by atoms with Crippen molar-refractivity contribution in [3.63, 3.8) is 0 Å². The minimum Gasteiger partial charge on any atom is -0.381 e. The lowest BCUT2D eigenvalue weighted by Gasteiger charge is -2.39. The van der Waals surface area contributed by atoms with Gasteiger partial charge in [-0.15, -0.1) is 0 Å². The smallest absolute Gasteiger partial charge is 0.224 e. The van der Waals surface area contributed by atoms with Crippen LogP contribution >= 0.6 is 11.6 Å². The van der Waals surface area contributed by atoms with Gasteiger partial charge in [-0.3, -0.25) is 9.69 Å². The lowest BCUT2D eigenvalue weighted by atomic mass is 9.74. The van der Waals surface area contributed by atoms with Crippen molar-refractivity contribution in [1.29, 1.82) is 0 Å². The molecule has 2 heterocycles. The number of piperidine rings is 1. The largest absolute Gasteiger partial charge is 0.381 e. The molecule has 2 aliphatic rings. The number of nitrogens with zero attached hydrogens (tertiary/aromatic N) is 1. The molecule has 2 aliphatic heterocycles. The van der Waals surface area contributed by atoms with Gasteiger partial charge in [-0.2, -0.15) is 0 Å². The predicted octanol–water partition coefficient (Wildman–Crippen LogP) is 4.42. The summed E-state index contributed by atoms with van der Waals surface area (Å²) in [4.78, 5) is 15.5. The van der Waals surface area contributed by atoms with Crippen molar-refractivity contribution < 1.29 is 9.53 Å². The zero-order chi connectivity index (χ0) is 20.8. The van der Waals surface area contributed by atoms with Gasteiger partial charge in [0.15, 0.2) is 0 Å². The van der Waals surface area contributed by atoms with Crippen molar-refractivity contribution in [3.8, 4) is 0 Å². The summed E-state index contributed by atoms with van der Waals surface area (Å²) in [5.74, 6) is 0.219. The minimum absolute atomic E-state index is 0.0469. The van der Waals surface area contributed by atoms with Crippen LogP contribution in [0.2, 0.25) is 5.02 Å². The number of hydrogen-bond donors (Lipinski definition) is 1. The van der Waals surface area contributed by atoms with E-state index in [9.17, 15) is 4.79 Å². The van der Waals surface area contributed by atoms with E-state index in [-0.39, 0.29) is 17.2 Å². The summed E-state index contributed by atoms with van der Waals surface area (Å²) in [6.45, 7) is 4.81. The van der Waals surface area contributed by atoms with E-state index in [0.717, 1.165) is 55.9 Å². The highest BCUT2D eigenvalue weighted by atomic mass is 35.5. The number of carbonyl (C=O) groups excluding carboxylic acids is 1. The van der Waals surface area contributed by atoms with Gasteiger partial charge in [0.2, 0.25) is 5.91 Å². The summed E-state index contributed by atoms with van der Waals surface area (Å²) < 4.78 is 5.62. The van der Waals surface area contributed by atoms with Crippen molar-refractivity contribution in [2.75, 3.05) is 32.8 Å². The molecule has 2 aromatic rings. The molecule has 2 saturated heterocycles. The Morgan fingerprint density at radius 2 is 1.83 bits per heavy atom. The maximum Gasteiger partial charge on any atom is 0.224 e. The van der Waals surface area contributed by atoms with Gasteiger partial charge in [-0.05, 0) is 49.4 Å². The van der Waals surface area contributed by atoms with Crippen LogP contribution in [0.25, 0.3) is 0 Å². The minimum atomic E-state index is -0.148. The molecule has 0 radical (unpaired) electrons. The van der Waals surface area contributed by atoms with Gasteiger partial charge < -0.3 is 10.1 Å². The fraction of sp³-hybridized carbons (Fsp3) is 0.480. The van der Waals surface area contributed by atoms with Crippen LogP contribution in [0.3, 0.4) is 0 Å². The molecule has 1 unspecified atom stereocenters. The molecule has 2 fully saturated rings. The zero-order valence-corrected chi connectivity index (χ0v) is 18.2. The monoisotopic (exact) mass is 426 g/mol. The van der Waals surface area contributed by atoms with Crippen LogP contribution < -0.4 is 5.32 Å². The summed E-state index contributed by atoms with van der Waals surface area (Å²) in [5.41, 5.74) is 2.29. The Hall–Kier alpha value is -1.88. The number of amides is 1. The van der Waals surface area contributed by atoms with Crippen LogP contribution in [0.4, 0.5) is 0 Å². The molecule has 2 aromatic carbocycles. The highest BCUT2D eigenvalue weighted by molar-refractivity contribution is 6.31. The predicted molar refractivity (Wildman–Crippen MR) is 121 cm³/mol. The first-order chi connectivity index (χ1) is 14.7. The summed E-state index contributed by atoms with van der Waals surface area (Å²) in [6.07, 6.45) is 3.78. The van der Waals surface area contributed by atoms with Crippen molar-refractivity contribution >= 4 is 17.5 Å². The van der Waals surface area contributed by atoms with E-state index < -0.39 is 0 Å². The molecule has 160 valence electrons. The van der Waals surface area contributed by atoms with Crippen molar-refractivity contribution in [2.24, 2.45) is 5.92 Å². The normalized spacial score (nSPS) is 21.8. The molecule has 0 spiro atoms. The van der Waals surface area contributed by atoms with Crippen molar-refractivity contribution in [1.82, 2.24) is 10.2 Å². The Bertz CT molecular complexity index is 836. The van der Waals surface area contributed by atoms with Crippen LogP contribution in [0.1, 0.15) is 36.8 Å². The van der Waals surface area contributed by atoms with Gasteiger partial charge in [0.25, 0.3) is 0 Å². The van der Waals surface area contributed by atoms with Gasteiger partial charge >= 0.3 is 0 Å². The van der Waals surface area contributed by atoms with Crippen LogP contribution in [-0.2, 0) is 21.5 Å². The fourth-order valence-electron chi connectivity index (χ4n) is 4.85. The van der Waals surface area contributed by atoms with E-state index >= 15 is 0 Å². The first-order valence-corrected chi connectivity index (χ1v) is 11.4. The molecule has 4 rings (SSSR count). The Labute approximate surface area is 184 Å². The lowest BCUT2D eigenvalue weighted by Crippen LogP contribution is -2.48. The maximum atomic E-state index is 13.1. The first kappa shape index (κ1) is 21.4. The third kappa shape index (κ3) is 5.05. The van der Waals surface area contributed by atoms with Gasteiger partial charge in [-0.1, -0.05) is 60.1 Å². The highest BCUT2D eigenvalue weighted by Crippen LogP contribution is 2.38. The molecular weight excluding hydrogens is 396 g/mol. The molecule has 4 nitrogen and oxygen atoms in total. The Morgan fingerprint density at radius 3 is 2.60 bits per heavy atom. The average Bonchev–Trinajstić information content (AvgIpc) is 2.79. The SMILES string of the molecule is O=C(NCC1(c2ccccc2Cl)CCOCC1)C1CCCN(Cc2ccccc2)C1. The average molecular weight is 427 g/mol. The Balaban J connectivity index is 1.39. The van der Waals surface area contributed by atoms with Crippen molar-refractivity contribution in [3.05, 3.63) is 70.7 Å². The molecule has 1 amide bonds. The molecule has 0 aromatic heterocycles. The van der Waals surface area contributed by atoms with Gasteiger partial charge in [0.1, 0.15) is 0 Å². The number of nitrogens with one attached hydrogen (secondary N) is 1. The summed E-state index contributed by atoms with van der Waals surface area (Å²) in [5, 5.41) is 4.07. The first-order valence-electron chi connectivity index (χ1n) is 11.0. The molecule has 1 N–H and O–H groups in total. The quantitative estimate of drug-likeness (QED) is 0.743. The van der Waals surface area contributed by atoms with E-state index in [4.69, 9.17) is 16.3 Å². The fourth-order valence-corrected chi connectivity index (χ4v) is 5.19. The molecular formula is C25H31ClN2O2. The van der Waals surface area contributed by atoms with Crippen LogP contribution in [0.5, 0.6) is 0 Å². The number of rotatable bonds is 6. The number of ether oxygens (including phenoxy) is 1. The summed E-state index contributed by atoms with van der Waals surface area (Å²) >= 11 is 6.55. The second-order valence-corrected chi connectivity index (χ2v) is 9.06. The van der Waals surface area contributed by atoms with E-state index in [1.54, 1.807) is 0 Å². The topological polar surface area (TPSA) is 41.6 Å². The molecule has 0 bridgehead atoms. The summed E-state index contributed by atoms with van der Waals surface area (Å²) in [7, 11) is 0. The second-order valence-electron chi connectivity index (χ2n) is 8.65. The zero-order valence-electron chi connectivity index (χ0n) is 17.5. The van der Waals surface area contributed by atoms with E-state index in [2.05, 4.69) is 40.5 Å². The second kappa shape index (κ2) is 9.95.